The van der Waals surface area contributed by atoms with Crippen molar-refractivity contribution in [2.45, 2.75) is 6.54 Å². The number of nitrogens with zero attached hydrogens (tertiary/aromatic N) is 2. The maximum Gasteiger partial charge on any atom is 0.211 e. The van der Waals surface area contributed by atoms with Crippen LogP contribution in [0.2, 0.25) is 5.02 Å². The molecule has 1 saturated heterocycles. The Morgan fingerprint density at radius 1 is 1.00 bits per heavy atom. The molecule has 1 aromatic heterocycles. The Bertz CT molecular complexity index is 933. The van der Waals surface area contributed by atoms with Crippen LogP contribution in [0, 0.1) is 0 Å². The molecule has 2 aromatic carbocycles. The normalized spacial score (nSPS) is 15.6. The molecule has 1 aliphatic rings. The van der Waals surface area contributed by atoms with Crippen molar-refractivity contribution in [3.63, 3.8) is 0 Å². The van der Waals surface area contributed by atoms with Crippen LogP contribution < -0.4 is 10.3 Å². The SMILES string of the molecule is O=c1c(N2CCN(Cc3ccccc3)CC2)csc2ccc(Cl)cc12. The molecule has 128 valence electrons. The fourth-order valence-corrected chi connectivity index (χ4v) is 4.39. The number of fused-ring (bicyclic) bond motifs is 1. The summed E-state index contributed by atoms with van der Waals surface area (Å²) in [4.78, 5) is 17.5. The molecule has 2 heterocycles. The van der Waals surface area contributed by atoms with Crippen molar-refractivity contribution >= 4 is 38.7 Å². The average Bonchev–Trinajstić information content (AvgIpc) is 2.64. The summed E-state index contributed by atoms with van der Waals surface area (Å²) in [5, 5.41) is 3.33. The lowest BCUT2D eigenvalue weighted by molar-refractivity contribution is 0.250. The summed E-state index contributed by atoms with van der Waals surface area (Å²) in [6.07, 6.45) is 0. The fourth-order valence-electron chi connectivity index (χ4n) is 3.30. The Hall–Kier alpha value is -1.88. The summed E-state index contributed by atoms with van der Waals surface area (Å²) in [6, 6.07) is 16.1. The molecule has 3 aromatic rings. The Kier molecular flexibility index (Phi) is 4.75. The summed E-state index contributed by atoms with van der Waals surface area (Å²) in [7, 11) is 0. The molecule has 0 unspecified atom stereocenters. The molecule has 0 N–H and O–H groups in total. The summed E-state index contributed by atoms with van der Waals surface area (Å²) < 4.78 is 0.987. The minimum Gasteiger partial charge on any atom is -0.365 e. The molecule has 0 atom stereocenters. The van der Waals surface area contributed by atoms with Gasteiger partial charge in [-0.05, 0) is 23.8 Å². The fraction of sp³-hybridized carbons (Fsp3) is 0.250. The summed E-state index contributed by atoms with van der Waals surface area (Å²) in [5.41, 5.74) is 2.23. The van der Waals surface area contributed by atoms with E-state index in [0.29, 0.717) is 5.02 Å². The minimum absolute atomic E-state index is 0.0905. The molecule has 4 rings (SSSR count). The van der Waals surface area contributed by atoms with Crippen LogP contribution in [-0.2, 0) is 6.54 Å². The molecule has 1 aliphatic heterocycles. The van der Waals surface area contributed by atoms with Crippen LogP contribution in [0.4, 0.5) is 5.69 Å². The molecule has 1 fully saturated rings. The number of halogens is 1. The van der Waals surface area contributed by atoms with Gasteiger partial charge in [-0.25, -0.2) is 0 Å². The molecular weight excluding hydrogens is 352 g/mol. The number of benzene rings is 2. The van der Waals surface area contributed by atoms with Crippen molar-refractivity contribution in [2.75, 3.05) is 31.1 Å². The highest BCUT2D eigenvalue weighted by molar-refractivity contribution is 7.16. The molecular formula is C20H19ClN2OS. The predicted octanol–water partition coefficient (Wildman–Crippen LogP) is 4.24. The topological polar surface area (TPSA) is 23.6 Å². The number of hydrogen-bond acceptors (Lipinski definition) is 4. The van der Waals surface area contributed by atoms with E-state index in [9.17, 15) is 4.79 Å². The Morgan fingerprint density at radius 2 is 1.76 bits per heavy atom. The number of rotatable bonds is 3. The number of hydrogen-bond donors (Lipinski definition) is 0. The predicted molar refractivity (Wildman–Crippen MR) is 107 cm³/mol. The van der Waals surface area contributed by atoms with Crippen molar-refractivity contribution in [1.29, 1.82) is 0 Å². The van der Waals surface area contributed by atoms with Crippen molar-refractivity contribution in [1.82, 2.24) is 4.90 Å². The van der Waals surface area contributed by atoms with E-state index in [-0.39, 0.29) is 5.43 Å². The molecule has 5 heteroatoms. The van der Waals surface area contributed by atoms with Gasteiger partial charge in [-0.3, -0.25) is 9.69 Å². The van der Waals surface area contributed by atoms with E-state index in [4.69, 9.17) is 11.6 Å². The van der Waals surface area contributed by atoms with Gasteiger partial charge in [-0.2, -0.15) is 0 Å². The lowest BCUT2D eigenvalue weighted by Crippen LogP contribution is -2.47. The standard InChI is InChI=1S/C20H19ClN2OS/c21-16-6-7-19-17(12-16)20(24)18(14-25-19)23-10-8-22(9-11-23)13-15-4-2-1-3-5-15/h1-7,12,14H,8-11,13H2. The van der Waals surface area contributed by atoms with Crippen LogP contribution in [-0.4, -0.2) is 31.1 Å². The number of anilines is 1. The second kappa shape index (κ2) is 7.16. The number of piperazine rings is 1. The first-order valence-corrected chi connectivity index (χ1v) is 9.69. The third-order valence-corrected chi connectivity index (χ3v) is 5.86. The first kappa shape index (κ1) is 16.6. The van der Waals surface area contributed by atoms with E-state index in [1.807, 2.05) is 23.6 Å². The zero-order chi connectivity index (χ0) is 17.2. The molecule has 0 radical (unpaired) electrons. The van der Waals surface area contributed by atoms with Crippen molar-refractivity contribution in [3.8, 4) is 0 Å². The van der Waals surface area contributed by atoms with Crippen molar-refractivity contribution in [3.05, 3.63) is 74.7 Å². The smallest absolute Gasteiger partial charge is 0.211 e. The molecule has 0 amide bonds. The quantitative estimate of drug-likeness (QED) is 0.689. The lowest BCUT2D eigenvalue weighted by Gasteiger charge is -2.35. The van der Waals surface area contributed by atoms with Crippen LogP contribution in [0.5, 0.6) is 0 Å². The first-order valence-electron chi connectivity index (χ1n) is 8.43. The Morgan fingerprint density at radius 3 is 2.52 bits per heavy atom. The maximum atomic E-state index is 12.8. The molecule has 25 heavy (non-hydrogen) atoms. The summed E-state index contributed by atoms with van der Waals surface area (Å²) in [5.74, 6) is 0. The van der Waals surface area contributed by atoms with Gasteiger partial charge in [0.05, 0.1) is 5.69 Å². The molecule has 0 spiro atoms. The van der Waals surface area contributed by atoms with Gasteiger partial charge in [0.15, 0.2) is 0 Å². The van der Waals surface area contributed by atoms with Gasteiger partial charge in [0, 0.05) is 53.2 Å². The molecule has 0 saturated carbocycles. The van der Waals surface area contributed by atoms with Crippen LogP contribution in [0.1, 0.15) is 5.56 Å². The monoisotopic (exact) mass is 370 g/mol. The van der Waals surface area contributed by atoms with Crippen molar-refractivity contribution in [2.24, 2.45) is 0 Å². The third kappa shape index (κ3) is 3.56. The maximum absolute atomic E-state index is 12.8. The van der Waals surface area contributed by atoms with Gasteiger partial charge in [0.25, 0.3) is 0 Å². The highest BCUT2D eigenvalue weighted by atomic mass is 35.5. The van der Waals surface area contributed by atoms with E-state index >= 15 is 0 Å². The molecule has 0 aliphatic carbocycles. The van der Waals surface area contributed by atoms with Crippen molar-refractivity contribution < 1.29 is 0 Å². The second-order valence-electron chi connectivity index (χ2n) is 6.34. The van der Waals surface area contributed by atoms with Gasteiger partial charge in [-0.1, -0.05) is 41.9 Å². The van der Waals surface area contributed by atoms with E-state index < -0.39 is 0 Å². The van der Waals surface area contributed by atoms with Crippen LogP contribution in [0.25, 0.3) is 10.1 Å². The van der Waals surface area contributed by atoms with Gasteiger partial charge < -0.3 is 4.90 Å². The Labute approximate surface area is 156 Å². The largest absolute Gasteiger partial charge is 0.365 e. The third-order valence-electron chi connectivity index (χ3n) is 4.68. The van der Waals surface area contributed by atoms with Gasteiger partial charge in [-0.15, -0.1) is 11.3 Å². The Balaban J connectivity index is 1.50. The van der Waals surface area contributed by atoms with Gasteiger partial charge >= 0.3 is 0 Å². The average molecular weight is 371 g/mol. The zero-order valence-corrected chi connectivity index (χ0v) is 15.4. The van der Waals surface area contributed by atoms with Gasteiger partial charge in [0.1, 0.15) is 0 Å². The van der Waals surface area contributed by atoms with E-state index in [1.54, 1.807) is 17.4 Å². The minimum atomic E-state index is 0.0905. The first-order chi connectivity index (χ1) is 12.2. The second-order valence-corrected chi connectivity index (χ2v) is 7.69. The highest BCUT2D eigenvalue weighted by Gasteiger charge is 2.20. The summed E-state index contributed by atoms with van der Waals surface area (Å²) in [6.45, 7) is 4.65. The lowest BCUT2D eigenvalue weighted by atomic mass is 10.2. The summed E-state index contributed by atoms with van der Waals surface area (Å²) >= 11 is 7.68. The van der Waals surface area contributed by atoms with Crippen LogP contribution >= 0.6 is 22.9 Å². The molecule has 0 bridgehead atoms. The van der Waals surface area contributed by atoms with E-state index in [1.165, 1.54) is 5.56 Å². The highest BCUT2D eigenvalue weighted by Crippen LogP contribution is 2.24. The van der Waals surface area contributed by atoms with Crippen LogP contribution in [0.3, 0.4) is 0 Å². The molecule has 3 nitrogen and oxygen atoms in total. The van der Waals surface area contributed by atoms with E-state index in [2.05, 4.69) is 34.1 Å². The van der Waals surface area contributed by atoms with Crippen LogP contribution in [0.15, 0.2) is 58.7 Å². The van der Waals surface area contributed by atoms with Gasteiger partial charge in [0.2, 0.25) is 5.43 Å². The zero-order valence-electron chi connectivity index (χ0n) is 13.8. The van der Waals surface area contributed by atoms with E-state index in [0.717, 1.165) is 48.5 Å².